The second-order valence-electron chi connectivity index (χ2n) is 6.81. The van der Waals surface area contributed by atoms with Crippen LogP contribution in [0.3, 0.4) is 0 Å². The molecular weight excluding hydrogens is 406 g/mol. The Morgan fingerprint density at radius 3 is 2.43 bits per heavy atom. The first-order valence-corrected chi connectivity index (χ1v) is 11.3. The van der Waals surface area contributed by atoms with Crippen molar-refractivity contribution in [3.05, 3.63) is 53.9 Å². The van der Waals surface area contributed by atoms with Gasteiger partial charge in [0.25, 0.3) is 5.91 Å². The highest BCUT2D eigenvalue weighted by Gasteiger charge is 2.21. The number of aromatic amines is 1. The third-order valence-corrected chi connectivity index (χ3v) is 6.17. The lowest BCUT2D eigenvalue weighted by atomic mass is 10.0. The molecular formula is C20H29N5O4S. The molecule has 5 N–H and O–H groups in total. The van der Waals surface area contributed by atoms with Gasteiger partial charge in [0.15, 0.2) is 0 Å². The highest BCUT2D eigenvalue weighted by atomic mass is 32.2. The number of carbonyl (C=O) groups excluding carboxylic acids is 2. The summed E-state index contributed by atoms with van der Waals surface area (Å²) in [6.45, 7) is 5.74. The zero-order valence-corrected chi connectivity index (χ0v) is 18.0. The van der Waals surface area contributed by atoms with E-state index in [-0.39, 0.29) is 16.6 Å². The monoisotopic (exact) mass is 435 g/mol. The topological polar surface area (TPSA) is 137 Å². The van der Waals surface area contributed by atoms with E-state index < -0.39 is 28.4 Å². The minimum absolute atomic E-state index is 0.0988. The lowest BCUT2D eigenvalue weighted by Crippen LogP contribution is -2.45. The molecule has 0 radical (unpaired) electrons. The van der Waals surface area contributed by atoms with Gasteiger partial charge in [-0.1, -0.05) is 44.2 Å². The number of benzene rings is 1. The van der Waals surface area contributed by atoms with Crippen molar-refractivity contribution < 1.29 is 18.0 Å². The van der Waals surface area contributed by atoms with Gasteiger partial charge >= 0.3 is 0 Å². The first-order chi connectivity index (χ1) is 14.3. The SMILES string of the molecule is CCN(CC)[C@@H](CNC(=O)c1cc(S(=O)(=O)NCC(N)=O)c[nH]1)Cc1ccccc1. The Labute approximate surface area is 177 Å². The van der Waals surface area contributed by atoms with Crippen molar-refractivity contribution in [1.29, 1.82) is 0 Å². The average Bonchev–Trinajstić information content (AvgIpc) is 3.23. The lowest BCUT2D eigenvalue weighted by Gasteiger charge is -2.30. The second-order valence-corrected chi connectivity index (χ2v) is 8.58. The fourth-order valence-corrected chi connectivity index (χ4v) is 4.16. The summed E-state index contributed by atoms with van der Waals surface area (Å²) in [7, 11) is -3.93. The van der Waals surface area contributed by atoms with Crippen molar-refractivity contribution in [2.45, 2.75) is 31.2 Å². The lowest BCUT2D eigenvalue weighted by molar-refractivity contribution is -0.116. The second kappa shape index (κ2) is 10.9. The summed E-state index contributed by atoms with van der Waals surface area (Å²) in [6.07, 6.45) is 1.98. The van der Waals surface area contributed by atoms with Gasteiger partial charge in [-0.25, -0.2) is 13.1 Å². The van der Waals surface area contributed by atoms with Gasteiger partial charge in [-0.3, -0.25) is 14.5 Å². The molecule has 1 aromatic carbocycles. The molecule has 0 aliphatic rings. The largest absolute Gasteiger partial charge is 0.369 e. The molecule has 1 aromatic heterocycles. The molecule has 0 unspecified atom stereocenters. The van der Waals surface area contributed by atoms with Crippen molar-refractivity contribution in [2.24, 2.45) is 5.73 Å². The highest BCUT2D eigenvalue weighted by molar-refractivity contribution is 7.89. The van der Waals surface area contributed by atoms with Gasteiger partial charge in [0.05, 0.1) is 6.54 Å². The summed E-state index contributed by atoms with van der Waals surface area (Å²) in [4.78, 5) is 28.1. The van der Waals surface area contributed by atoms with E-state index in [0.29, 0.717) is 6.54 Å². The Bertz CT molecular complexity index is 939. The summed E-state index contributed by atoms with van der Waals surface area (Å²) in [5.74, 6) is -1.20. The molecule has 0 saturated heterocycles. The van der Waals surface area contributed by atoms with Crippen LogP contribution in [0.1, 0.15) is 29.9 Å². The average molecular weight is 436 g/mol. The molecule has 1 atom stereocenters. The number of hydrogen-bond acceptors (Lipinski definition) is 5. The van der Waals surface area contributed by atoms with Gasteiger partial charge in [-0.05, 0) is 31.1 Å². The number of amides is 2. The highest BCUT2D eigenvalue weighted by Crippen LogP contribution is 2.12. The maximum atomic E-state index is 12.6. The number of hydrogen-bond donors (Lipinski definition) is 4. The number of H-pyrrole nitrogens is 1. The number of likely N-dealkylation sites (N-methyl/N-ethyl adjacent to an activating group) is 1. The van der Waals surface area contributed by atoms with Gasteiger partial charge in [-0.2, -0.15) is 0 Å². The van der Waals surface area contributed by atoms with Gasteiger partial charge in [0.2, 0.25) is 15.9 Å². The Morgan fingerprint density at radius 1 is 1.17 bits per heavy atom. The number of nitrogens with zero attached hydrogens (tertiary/aromatic N) is 1. The maximum absolute atomic E-state index is 12.6. The molecule has 0 aliphatic heterocycles. The fourth-order valence-electron chi connectivity index (χ4n) is 3.17. The van der Waals surface area contributed by atoms with Crippen molar-refractivity contribution in [1.82, 2.24) is 19.9 Å². The third-order valence-electron chi connectivity index (χ3n) is 4.79. The van der Waals surface area contributed by atoms with Crippen molar-refractivity contribution in [3.8, 4) is 0 Å². The van der Waals surface area contributed by atoms with Crippen LogP contribution in [0.25, 0.3) is 0 Å². The molecule has 2 amide bonds. The van der Waals surface area contributed by atoms with Gasteiger partial charge in [-0.15, -0.1) is 0 Å². The Morgan fingerprint density at radius 2 is 1.83 bits per heavy atom. The smallest absolute Gasteiger partial charge is 0.267 e. The Hall–Kier alpha value is -2.69. The number of carbonyl (C=O) groups is 2. The molecule has 0 saturated carbocycles. The molecule has 0 aliphatic carbocycles. The number of sulfonamides is 1. The normalized spacial score (nSPS) is 12.6. The minimum Gasteiger partial charge on any atom is -0.369 e. The van der Waals surface area contributed by atoms with Crippen LogP contribution < -0.4 is 15.8 Å². The molecule has 0 fully saturated rings. The van der Waals surface area contributed by atoms with Crippen LogP contribution >= 0.6 is 0 Å². The van der Waals surface area contributed by atoms with Crippen LogP contribution in [-0.2, 0) is 21.2 Å². The van der Waals surface area contributed by atoms with Gasteiger partial charge in [0.1, 0.15) is 10.6 Å². The van der Waals surface area contributed by atoms with Crippen LogP contribution in [0.15, 0.2) is 47.5 Å². The molecule has 30 heavy (non-hydrogen) atoms. The van der Waals surface area contributed by atoms with E-state index in [2.05, 4.69) is 45.9 Å². The third kappa shape index (κ3) is 6.68. The molecule has 164 valence electrons. The number of nitrogens with one attached hydrogen (secondary N) is 3. The van der Waals surface area contributed by atoms with Crippen LogP contribution in [0.4, 0.5) is 0 Å². The molecule has 0 bridgehead atoms. The summed E-state index contributed by atoms with van der Waals surface area (Å²) in [5, 5.41) is 2.88. The molecule has 1 heterocycles. The van der Waals surface area contributed by atoms with E-state index in [1.165, 1.54) is 17.8 Å². The number of rotatable bonds is 12. The summed E-state index contributed by atoms with van der Waals surface area (Å²) in [5.41, 5.74) is 6.26. The Kier molecular flexibility index (Phi) is 8.58. The van der Waals surface area contributed by atoms with Crippen molar-refractivity contribution >= 4 is 21.8 Å². The summed E-state index contributed by atoms with van der Waals surface area (Å²) >= 11 is 0. The molecule has 10 heteroatoms. The standard InChI is InChI=1S/C20H29N5O4S/c1-3-25(4-2)16(10-15-8-6-5-7-9-15)12-23-20(27)18-11-17(13-22-18)30(28,29)24-14-19(21)26/h5-9,11,13,16,22,24H,3-4,10,12,14H2,1-2H3,(H2,21,26)(H,23,27)/t16-/m1/s1. The van der Waals surface area contributed by atoms with E-state index in [1.54, 1.807) is 0 Å². The van der Waals surface area contributed by atoms with Crippen LogP contribution in [0, 0.1) is 0 Å². The number of primary amides is 1. The van der Waals surface area contributed by atoms with E-state index in [9.17, 15) is 18.0 Å². The molecule has 2 rings (SSSR count). The molecule has 2 aromatic rings. The van der Waals surface area contributed by atoms with E-state index >= 15 is 0 Å². The van der Waals surface area contributed by atoms with E-state index in [1.807, 2.05) is 18.2 Å². The zero-order valence-electron chi connectivity index (χ0n) is 17.2. The molecule has 9 nitrogen and oxygen atoms in total. The van der Waals surface area contributed by atoms with Crippen LogP contribution in [-0.4, -0.2) is 62.3 Å². The van der Waals surface area contributed by atoms with E-state index in [0.717, 1.165) is 19.5 Å². The maximum Gasteiger partial charge on any atom is 0.267 e. The number of aromatic nitrogens is 1. The predicted molar refractivity (Wildman–Crippen MR) is 114 cm³/mol. The van der Waals surface area contributed by atoms with Crippen molar-refractivity contribution in [2.75, 3.05) is 26.2 Å². The summed E-state index contributed by atoms with van der Waals surface area (Å²) in [6, 6.07) is 11.4. The zero-order chi connectivity index (χ0) is 22.1. The van der Waals surface area contributed by atoms with Crippen LogP contribution in [0.2, 0.25) is 0 Å². The first kappa shape index (κ1) is 23.6. The van der Waals surface area contributed by atoms with E-state index in [4.69, 9.17) is 5.73 Å². The summed E-state index contributed by atoms with van der Waals surface area (Å²) < 4.78 is 26.3. The van der Waals surface area contributed by atoms with Gasteiger partial charge in [0, 0.05) is 18.8 Å². The number of nitrogens with two attached hydrogens (primary N) is 1. The quantitative estimate of drug-likeness (QED) is 0.384. The molecule has 0 spiro atoms. The predicted octanol–water partition coefficient (Wildman–Crippen LogP) is 0.461. The van der Waals surface area contributed by atoms with Crippen molar-refractivity contribution in [3.63, 3.8) is 0 Å². The van der Waals surface area contributed by atoms with Crippen LogP contribution in [0.5, 0.6) is 0 Å². The minimum atomic E-state index is -3.93. The fraction of sp³-hybridized carbons (Fsp3) is 0.400. The first-order valence-electron chi connectivity index (χ1n) is 9.79. The van der Waals surface area contributed by atoms with Gasteiger partial charge < -0.3 is 16.0 Å². The Balaban J connectivity index is 2.04.